The van der Waals surface area contributed by atoms with Crippen LogP contribution < -0.4 is 38.9 Å². The molecule has 0 saturated carbocycles. The first kappa shape index (κ1) is 27.3. The molecule has 0 aliphatic carbocycles. The maximum absolute atomic E-state index is 2.26. The molecule has 0 rings (SSSR count). The van der Waals surface area contributed by atoms with Gasteiger partial charge in [0.05, 0.1) is 47.8 Å². The van der Waals surface area contributed by atoms with E-state index in [1.807, 2.05) is 0 Å². The molecule has 0 fully saturated rings. The molecule has 1 N–H and O–H groups in total. The van der Waals surface area contributed by atoms with E-state index in [-0.39, 0.29) is 34.0 Å². The summed E-state index contributed by atoms with van der Waals surface area (Å²) >= 11 is 0. The molecular formula is C14H36Br2N2. The summed E-state index contributed by atoms with van der Waals surface area (Å²) in [5.41, 5.74) is 0. The smallest absolute Gasteiger partial charge is 0.0780 e. The second kappa shape index (κ2) is 17.9. The van der Waals surface area contributed by atoms with Crippen molar-refractivity contribution in [2.75, 3.05) is 47.8 Å². The third kappa shape index (κ3) is 30.2. The Morgan fingerprint density at radius 3 is 1.44 bits per heavy atom. The van der Waals surface area contributed by atoms with E-state index >= 15 is 0 Å². The van der Waals surface area contributed by atoms with Gasteiger partial charge in [0, 0.05) is 0 Å². The van der Waals surface area contributed by atoms with Crippen molar-refractivity contribution in [2.24, 2.45) is 0 Å². The molecule has 0 aromatic carbocycles. The number of rotatable bonds is 7. The molecule has 0 bridgehead atoms. The molecular weight excluding hydrogens is 356 g/mol. The van der Waals surface area contributed by atoms with Gasteiger partial charge < -0.3 is 43.3 Å². The van der Waals surface area contributed by atoms with Crippen molar-refractivity contribution < 1.29 is 43.3 Å². The van der Waals surface area contributed by atoms with E-state index in [1.165, 1.54) is 45.3 Å². The SMILES string of the molecule is CCCCCC[N+](C)(C)C.CC[NH+](C)CC.[Br-].[Br-]. The van der Waals surface area contributed by atoms with Crippen LogP contribution in [0.25, 0.3) is 0 Å². The molecule has 0 aromatic heterocycles. The fourth-order valence-electron chi connectivity index (χ4n) is 1.26. The lowest BCUT2D eigenvalue weighted by atomic mass is 10.2. The lowest BCUT2D eigenvalue weighted by Crippen LogP contribution is -3.08. The van der Waals surface area contributed by atoms with Gasteiger partial charge in [0.2, 0.25) is 0 Å². The van der Waals surface area contributed by atoms with Crippen molar-refractivity contribution in [3.63, 3.8) is 0 Å². The van der Waals surface area contributed by atoms with Gasteiger partial charge in [-0.2, -0.15) is 0 Å². The Labute approximate surface area is 137 Å². The van der Waals surface area contributed by atoms with Gasteiger partial charge in [-0.25, -0.2) is 0 Å². The van der Waals surface area contributed by atoms with Gasteiger partial charge in [-0.1, -0.05) is 19.8 Å². The molecule has 4 heteroatoms. The molecule has 0 radical (unpaired) electrons. The van der Waals surface area contributed by atoms with E-state index < -0.39 is 0 Å². The Bertz CT molecular complexity index is 132. The predicted octanol–water partition coefficient (Wildman–Crippen LogP) is -4.18. The molecule has 0 heterocycles. The molecule has 18 heavy (non-hydrogen) atoms. The Balaban J connectivity index is -0.000000108. The average molecular weight is 392 g/mol. The first-order valence-corrected chi connectivity index (χ1v) is 6.99. The van der Waals surface area contributed by atoms with Crippen LogP contribution in [0.4, 0.5) is 0 Å². The van der Waals surface area contributed by atoms with Crippen molar-refractivity contribution in [3.05, 3.63) is 0 Å². The lowest BCUT2D eigenvalue weighted by molar-refractivity contribution is -0.875. The van der Waals surface area contributed by atoms with Crippen LogP contribution in [0.15, 0.2) is 0 Å². The third-order valence-electron chi connectivity index (χ3n) is 2.89. The summed E-state index contributed by atoms with van der Waals surface area (Å²) in [6.45, 7) is 10.5. The Hall–Kier alpha value is 0.880. The molecule has 0 spiro atoms. The van der Waals surface area contributed by atoms with E-state index in [9.17, 15) is 0 Å². The fourth-order valence-corrected chi connectivity index (χ4v) is 1.26. The molecule has 0 amide bonds. The molecule has 0 aromatic rings. The fraction of sp³-hybridized carbons (Fsp3) is 1.00. The summed E-state index contributed by atoms with van der Waals surface area (Å²) in [5, 5.41) is 0. The Morgan fingerprint density at radius 2 is 1.22 bits per heavy atom. The summed E-state index contributed by atoms with van der Waals surface area (Å²) in [6, 6.07) is 0. The van der Waals surface area contributed by atoms with Crippen molar-refractivity contribution in [1.82, 2.24) is 0 Å². The lowest BCUT2D eigenvalue weighted by Gasteiger charge is -2.23. The largest absolute Gasteiger partial charge is 1.00 e. The van der Waals surface area contributed by atoms with Gasteiger partial charge in [-0.3, -0.25) is 0 Å². The first-order valence-electron chi connectivity index (χ1n) is 6.99. The zero-order valence-corrected chi connectivity index (χ0v) is 16.8. The number of hydrogen-bond acceptors (Lipinski definition) is 0. The standard InChI is InChI=1S/C9H22N.C5H13N.2BrH/c1-5-6-7-8-9-10(2,3)4;1-4-6(3)5-2;;/h5-9H2,1-4H3;4-5H2,1-3H3;2*1H/q+1;;;/p-1. The van der Waals surface area contributed by atoms with Gasteiger partial charge in [-0.15, -0.1) is 0 Å². The minimum atomic E-state index is 0. The molecule has 0 atom stereocenters. The molecule has 0 aliphatic rings. The number of hydrogen-bond donors (Lipinski definition) is 1. The van der Waals surface area contributed by atoms with Crippen LogP contribution in [-0.4, -0.2) is 52.3 Å². The molecule has 116 valence electrons. The van der Waals surface area contributed by atoms with E-state index in [2.05, 4.69) is 49.0 Å². The highest BCUT2D eigenvalue weighted by atomic mass is 79.9. The summed E-state index contributed by atoms with van der Waals surface area (Å²) in [4.78, 5) is 1.59. The number of quaternary nitrogens is 2. The van der Waals surface area contributed by atoms with Crippen LogP contribution >= 0.6 is 0 Å². The van der Waals surface area contributed by atoms with Crippen LogP contribution in [0.2, 0.25) is 0 Å². The highest BCUT2D eigenvalue weighted by Gasteiger charge is 2.04. The zero-order valence-electron chi connectivity index (χ0n) is 13.7. The zero-order chi connectivity index (χ0) is 13.0. The first-order chi connectivity index (χ1) is 7.37. The van der Waals surface area contributed by atoms with Crippen LogP contribution in [0.5, 0.6) is 0 Å². The number of unbranched alkanes of at least 4 members (excludes halogenated alkanes) is 3. The summed E-state index contributed by atoms with van der Waals surface area (Å²) < 4.78 is 1.11. The minimum absolute atomic E-state index is 0. The average Bonchev–Trinajstić information content (AvgIpc) is 2.23. The molecule has 0 aliphatic heterocycles. The van der Waals surface area contributed by atoms with Crippen LogP contribution in [0, 0.1) is 0 Å². The molecule has 0 unspecified atom stereocenters. The van der Waals surface area contributed by atoms with E-state index in [0.717, 1.165) is 4.48 Å². The monoisotopic (exact) mass is 390 g/mol. The third-order valence-corrected chi connectivity index (χ3v) is 2.89. The highest BCUT2D eigenvalue weighted by molar-refractivity contribution is 4.38. The van der Waals surface area contributed by atoms with Gasteiger partial charge >= 0.3 is 0 Å². The maximum Gasteiger partial charge on any atom is 0.0780 e. The van der Waals surface area contributed by atoms with E-state index in [1.54, 1.807) is 4.90 Å². The van der Waals surface area contributed by atoms with Gasteiger partial charge in [-0.05, 0) is 26.7 Å². The second-order valence-corrected chi connectivity index (χ2v) is 5.74. The van der Waals surface area contributed by atoms with Gasteiger partial charge in [0.1, 0.15) is 0 Å². The Morgan fingerprint density at radius 1 is 0.778 bits per heavy atom. The quantitative estimate of drug-likeness (QED) is 0.332. The van der Waals surface area contributed by atoms with Crippen molar-refractivity contribution in [2.45, 2.75) is 46.5 Å². The summed E-state index contributed by atoms with van der Waals surface area (Å²) in [7, 11) is 8.96. The van der Waals surface area contributed by atoms with Gasteiger partial charge in [0.15, 0.2) is 0 Å². The molecule has 2 nitrogen and oxygen atoms in total. The second-order valence-electron chi connectivity index (χ2n) is 5.74. The van der Waals surface area contributed by atoms with Crippen LogP contribution in [-0.2, 0) is 0 Å². The maximum atomic E-state index is 2.26. The number of halogens is 2. The van der Waals surface area contributed by atoms with Crippen molar-refractivity contribution >= 4 is 0 Å². The van der Waals surface area contributed by atoms with Crippen molar-refractivity contribution in [3.8, 4) is 0 Å². The Kier molecular flexibility index (Phi) is 27.1. The molecule has 0 saturated heterocycles. The number of nitrogens with one attached hydrogen (secondary N) is 1. The topological polar surface area (TPSA) is 4.44 Å². The normalized spacial score (nSPS) is 10.0. The van der Waals surface area contributed by atoms with Gasteiger partial charge in [0.25, 0.3) is 0 Å². The van der Waals surface area contributed by atoms with Crippen molar-refractivity contribution in [1.29, 1.82) is 0 Å². The summed E-state index contributed by atoms with van der Waals surface area (Å²) in [5.74, 6) is 0. The van der Waals surface area contributed by atoms with E-state index in [0.29, 0.717) is 0 Å². The number of nitrogens with zero attached hydrogens (tertiary/aromatic N) is 1. The highest BCUT2D eigenvalue weighted by Crippen LogP contribution is 2.01. The summed E-state index contributed by atoms with van der Waals surface area (Å²) in [6.07, 6.45) is 5.54. The van der Waals surface area contributed by atoms with E-state index in [4.69, 9.17) is 0 Å². The minimum Gasteiger partial charge on any atom is -1.00 e. The van der Waals surface area contributed by atoms with Crippen LogP contribution in [0.3, 0.4) is 0 Å². The van der Waals surface area contributed by atoms with Crippen LogP contribution in [0.1, 0.15) is 46.5 Å². The predicted molar refractivity (Wildman–Crippen MR) is 75.0 cm³/mol.